The largest absolute Gasteiger partial charge is 0.399 e. The molecule has 0 unspecified atom stereocenters. The zero-order valence-electron chi connectivity index (χ0n) is 10.7. The molecule has 0 saturated heterocycles. The molecule has 0 radical (unpaired) electrons. The number of nitrogens with zero attached hydrogens (tertiary/aromatic N) is 2. The van der Waals surface area contributed by atoms with E-state index in [9.17, 15) is 0 Å². The van der Waals surface area contributed by atoms with E-state index in [1.807, 2.05) is 36.5 Å². The van der Waals surface area contributed by atoms with Crippen LogP contribution in [0.25, 0.3) is 10.9 Å². The van der Waals surface area contributed by atoms with Crippen molar-refractivity contribution in [2.45, 2.75) is 6.54 Å². The second-order valence-electron chi connectivity index (χ2n) is 4.68. The summed E-state index contributed by atoms with van der Waals surface area (Å²) >= 11 is 6.22. The van der Waals surface area contributed by atoms with Gasteiger partial charge in [0.15, 0.2) is 0 Å². The van der Waals surface area contributed by atoms with Gasteiger partial charge in [0.2, 0.25) is 0 Å². The third-order valence-electron chi connectivity index (χ3n) is 3.32. The van der Waals surface area contributed by atoms with E-state index in [0.29, 0.717) is 17.1 Å². The van der Waals surface area contributed by atoms with Gasteiger partial charge in [0.05, 0.1) is 17.1 Å². The molecule has 0 aliphatic rings. The van der Waals surface area contributed by atoms with Crippen LogP contribution in [0.3, 0.4) is 0 Å². The Hall–Kier alpha value is -2.44. The maximum Gasteiger partial charge on any atom is 0.0992 e. The number of fused-ring (bicyclic) bond motifs is 1. The van der Waals surface area contributed by atoms with Gasteiger partial charge in [-0.15, -0.1) is 0 Å². The standard InChI is InChI=1S/C16H12ClN3/c17-15-7-11(9-18)1-2-13(15)10-20-6-5-12-3-4-14(19)8-16(12)20/h1-8H,10,19H2. The molecule has 0 amide bonds. The molecular formula is C16H12ClN3. The maximum atomic E-state index is 8.85. The number of nitrogens with two attached hydrogens (primary N) is 1. The Bertz CT molecular complexity index is 827. The van der Waals surface area contributed by atoms with Gasteiger partial charge in [-0.2, -0.15) is 5.26 Å². The third-order valence-corrected chi connectivity index (χ3v) is 3.67. The van der Waals surface area contributed by atoms with Crippen LogP contribution in [0.15, 0.2) is 48.7 Å². The zero-order valence-corrected chi connectivity index (χ0v) is 11.4. The van der Waals surface area contributed by atoms with Crippen LogP contribution in [0.2, 0.25) is 5.02 Å². The minimum Gasteiger partial charge on any atom is -0.399 e. The van der Waals surface area contributed by atoms with Gasteiger partial charge in [0, 0.05) is 23.5 Å². The summed E-state index contributed by atoms with van der Waals surface area (Å²) in [7, 11) is 0. The van der Waals surface area contributed by atoms with Crippen LogP contribution < -0.4 is 5.73 Å². The topological polar surface area (TPSA) is 54.7 Å². The number of anilines is 1. The van der Waals surface area contributed by atoms with Crippen LogP contribution in [0.1, 0.15) is 11.1 Å². The average Bonchev–Trinajstić information content (AvgIpc) is 2.83. The molecule has 4 heteroatoms. The summed E-state index contributed by atoms with van der Waals surface area (Å²) in [5, 5.41) is 10.6. The first kappa shape index (κ1) is 12.6. The molecule has 98 valence electrons. The lowest BCUT2D eigenvalue weighted by Gasteiger charge is -2.08. The molecule has 20 heavy (non-hydrogen) atoms. The van der Waals surface area contributed by atoms with Crippen LogP contribution in [-0.4, -0.2) is 4.57 Å². The molecule has 0 aliphatic heterocycles. The number of aromatic nitrogens is 1. The van der Waals surface area contributed by atoms with E-state index in [4.69, 9.17) is 22.6 Å². The molecule has 0 aliphatic carbocycles. The Morgan fingerprint density at radius 2 is 2.00 bits per heavy atom. The van der Waals surface area contributed by atoms with Crippen LogP contribution >= 0.6 is 11.6 Å². The normalized spacial score (nSPS) is 10.6. The number of nitrogen functional groups attached to an aromatic ring is 1. The molecule has 1 heterocycles. The third kappa shape index (κ3) is 2.22. The van der Waals surface area contributed by atoms with Crippen molar-refractivity contribution in [3.63, 3.8) is 0 Å². The van der Waals surface area contributed by atoms with Crippen molar-refractivity contribution in [3.8, 4) is 6.07 Å². The quantitative estimate of drug-likeness (QED) is 0.727. The minimum atomic E-state index is 0.570. The highest BCUT2D eigenvalue weighted by Crippen LogP contribution is 2.23. The van der Waals surface area contributed by atoms with Crippen molar-refractivity contribution >= 4 is 28.2 Å². The number of halogens is 1. The van der Waals surface area contributed by atoms with Crippen LogP contribution in [-0.2, 0) is 6.54 Å². The lowest BCUT2D eigenvalue weighted by atomic mass is 10.1. The predicted octanol–water partition coefficient (Wildman–Crippen LogP) is 3.80. The first-order chi connectivity index (χ1) is 9.67. The highest BCUT2D eigenvalue weighted by molar-refractivity contribution is 6.31. The molecule has 2 aromatic carbocycles. The fourth-order valence-electron chi connectivity index (χ4n) is 2.27. The molecule has 0 fully saturated rings. The van der Waals surface area contributed by atoms with E-state index in [2.05, 4.69) is 10.6 Å². The van der Waals surface area contributed by atoms with E-state index >= 15 is 0 Å². The second kappa shape index (κ2) is 4.92. The number of rotatable bonds is 2. The predicted molar refractivity (Wildman–Crippen MR) is 81.6 cm³/mol. The van der Waals surface area contributed by atoms with Crippen molar-refractivity contribution in [2.75, 3.05) is 5.73 Å². The Balaban J connectivity index is 2.01. The monoisotopic (exact) mass is 281 g/mol. The smallest absolute Gasteiger partial charge is 0.0992 e. The number of hydrogen-bond donors (Lipinski definition) is 1. The van der Waals surface area contributed by atoms with Gasteiger partial charge in [-0.3, -0.25) is 0 Å². The molecule has 1 aromatic heterocycles. The van der Waals surface area contributed by atoms with E-state index < -0.39 is 0 Å². The molecule has 0 saturated carbocycles. The van der Waals surface area contributed by atoms with Gasteiger partial charge in [-0.05, 0) is 41.3 Å². The summed E-state index contributed by atoms with van der Waals surface area (Å²) in [5.74, 6) is 0. The zero-order chi connectivity index (χ0) is 14.1. The van der Waals surface area contributed by atoms with Crippen molar-refractivity contribution in [1.82, 2.24) is 4.57 Å². The molecule has 0 atom stereocenters. The molecule has 0 spiro atoms. The average molecular weight is 282 g/mol. The molecule has 2 N–H and O–H groups in total. The van der Waals surface area contributed by atoms with Gasteiger partial charge < -0.3 is 10.3 Å². The van der Waals surface area contributed by atoms with Crippen LogP contribution in [0.5, 0.6) is 0 Å². The summed E-state index contributed by atoms with van der Waals surface area (Å²) in [5.41, 5.74) is 9.20. The lowest BCUT2D eigenvalue weighted by Crippen LogP contribution is -1.99. The van der Waals surface area contributed by atoms with Crippen LogP contribution in [0, 0.1) is 11.3 Å². The van der Waals surface area contributed by atoms with Crippen molar-refractivity contribution in [3.05, 3.63) is 64.8 Å². The molecule has 3 rings (SSSR count). The number of nitriles is 1. The Morgan fingerprint density at radius 3 is 2.75 bits per heavy atom. The molecule has 0 bridgehead atoms. The Kier molecular flexibility index (Phi) is 3.09. The van der Waals surface area contributed by atoms with E-state index in [1.54, 1.807) is 12.1 Å². The SMILES string of the molecule is N#Cc1ccc(Cn2ccc3ccc(N)cc32)c(Cl)c1. The van der Waals surface area contributed by atoms with E-state index in [0.717, 1.165) is 22.2 Å². The maximum absolute atomic E-state index is 8.85. The van der Waals surface area contributed by atoms with Gasteiger partial charge in [0.1, 0.15) is 0 Å². The minimum absolute atomic E-state index is 0.570. The second-order valence-corrected chi connectivity index (χ2v) is 5.09. The Labute approximate surface area is 121 Å². The molecular weight excluding hydrogens is 270 g/mol. The van der Waals surface area contributed by atoms with Crippen molar-refractivity contribution in [1.29, 1.82) is 5.26 Å². The van der Waals surface area contributed by atoms with E-state index in [-0.39, 0.29) is 0 Å². The molecule has 3 aromatic rings. The fourth-order valence-corrected chi connectivity index (χ4v) is 2.51. The number of benzene rings is 2. The highest BCUT2D eigenvalue weighted by Gasteiger charge is 2.06. The summed E-state index contributed by atoms with van der Waals surface area (Å²) in [6.07, 6.45) is 2.01. The molecule has 3 nitrogen and oxygen atoms in total. The van der Waals surface area contributed by atoms with Gasteiger partial charge in [-0.25, -0.2) is 0 Å². The first-order valence-electron chi connectivity index (χ1n) is 6.20. The summed E-state index contributed by atoms with van der Waals surface area (Å²) in [4.78, 5) is 0. The van der Waals surface area contributed by atoms with Gasteiger partial charge in [-0.1, -0.05) is 23.7 Å². The summed E-state index contributed by atoms with van der Waals surface area (Å²) in [6.45, 7) is 0.650. The lowest BCUT2D eigenvalue weighted by molar-refractivity contribution is 0.837. The van der Waals surface area contributed by atoms with Gasteiger partial charge >= 0.3 is 0 Å². The first-order valence-corrected chi connectivity index (χ1v) is 6.58. The van der Waals surface area contributed by atoms with E-state index in [1.165, 1.54) is 0 Å². The van der Waals surface area contributed by atoms with Crippen molar-refractivity contribution < 1.29 is 0 Å². The van der Waals surface area contributed by atoms with Gasteiger partial charge in [0.25, 0.3) is 0 Å². The fraction of sp³-hybridized carbons (Fsp3) is 0.0625. The highest BCUT2D eigenvalue weighted by atomic mass is 35.5. The number of hydrogen-bond acceptors (Lipinski definition) is 2. The van der Waals surface area contributed by atoms with Crippen molar-refractivity contribution in [2.24, 2.45) is 0 Å². The summed E-state index contributed by atoms with van der Waals surface area (Å²) in [6, 6.07) is 15.3. The Morgan fingerprint density at radius 1 is 1.15 bits per heavy atom. The van der Waals surface area contributed by atoms with Crippen LogP contribution in [0.4, 0.5) is 5.69 Å². The summed E-state index contributed by atoms with van der Waals surface area (Å²) < 4.78 is 2.10.